The molecular formula is C30H24N6O6. The van der Waals surface area contributed by atoms with Crippen LogP contribution in [-0.2, 0) is 0 Å². The molecular weight excluding hydrogens is 540 g/mol. The Morgan fingerprint density at radius 1 is 0.405 bits per heavy atom. The molecule has 4 aromatic carbocycles. The number of rotatable bonds is 9. The van der Waals surface area contributed by atoms with Crippen LogP contribution in [0.4, 0.5) is 0 Å². The fourth-order valence-corrected chi connectivity index (χ4v) is 3.59. The number of carbonyl (C=O) groups is 3. The van der Waals surface area contributed by atoms with Gasteiger partial charge in [0.2, 0.25) is 0 Å². The molecule has 4 rings (SSSR count). The molecule has 0 aromatic heterocycles. The van der Waals surface area contributed by atoms with E-state index in [0.29, 0.717) is 16.7 Å². The van der Waals surface area contributed by atoms with Crippen LogP contribution >= 0.6 is 0 Å². The third kappa shape index (κ3) is 7.01. The summed E-state index contributed by atoms with van der Waals surface area (Å²) < 4.78 is 16.2. The predicted molar refractivity (Wildman–Crippen MR) is 154 cm³/mol. The highest BCUT2D eigenvalue weighted by molar-refractivity contribution is 6.02. The second-order valence-electron chi connectivity index (χ2n) is 8.78. The van der Waals surface area contributed by atoms with E-state index in [2.05, 4.69) is 0 Å². The minimum absolute atomic E-state index is 0.137. The summed E-state index contributed by atoms with van der Waals surface area (Å²) in [4.78, 5) is 39.1. The van der Waals surface area contributed by atoms with Gasteiger partial charge in [-0.1, -0.05) is 0 Å². The van der Waals surface area contributed by atoms with E-state index in [4.69, 9.17) is 47.6 Å². The van der Waals surface area contributed by atoms with Gasteiger partial charge in [-0.15, -0.1) is 0 Å². The molecule has 0 bridgehead atoms. The van der Waals surface area contributed by atoms with Gasteiger partial charge in [-0.25, -0.2) is 14.4 Å². The lowest BCUT2D eigenvalue weighted by molar-refractivity contribution is 0.0734. The van der Waals surface area contributed by atoms with E-state index in [1.54, 1.807) is 0 Å². The maximum atomic E-state index is 13.0. The van der Waals surface area contributed by atoms with Crippen molar-refractivity contribution in [1.29, 1.82) is 16.2 Å². The van der Waals surface area contributed by atoms with Crippen molar-refractivity contribution in [2.75, 3.05) is 0 Å². The average Bonchev–Trinajstić information content (AvgIpc) is 2.97. The van der Waals surface area contributed by atoms with Crippen LogP contribution in [0.2, 0.25) is 0 Å². The first-order chi connectivity index (χ1) is 20.0. The SMILES string of the molecule is N=C(N)c1ccc(OC(=O)c2cc(C(=O)Oc3ccc(C(=N)N)cc3)cc(C(=O)Oc3ccc(C(=N)N)cc3)c2)cc1. The Kier molecular flexibility index (Phi) is 8.38. The van der Waals surface area contributed by atoms with Gasteiger partial charge in [0.05, 0.1) is 16.7 Å². The molecule has 210 valence electrons. The molecule has 12 heteroatoms. The van der Waals surface area contributed by atoms with E-state index in [1.807, 2.05) is 0 Å². The number of nitrogens with one attached hydrogen (secondary N) is 3. The van der Waals surface area contributed by atoms with E-state index < -0.39 is 17.9 Å². The zero-order valence-corrected chi connectivity index (χ0v) is 21.8. The van der Waals surface area contributed by atoms with Crippen molar-refractivity contribution in [2.45, 2.75) is 0 Å². The van der Waals surface area contributed by atoms with Gasteiger partial charge >= 0.3 is 17.9 Å². The molecule has 42 heavy (non-hydrogen) atoms. The summed E-state index contributed by atoms with van der Waals surface area (Å²) >= 11 is 0. The van der Waals surface area contributed by atoms with Gasteiger partial charge in [0.25, 0.3) is 0 Å². The number of benzene rings is 4. The van der Waals surface area contributed by atoms with Crippen LogP contribution < -0.4 is 31.4 Å². The zero-order valence-electron chi connectivity index (χ0n) is 21.8. The Bertz CT molecular complexity index is 1500. The van der Waals surface area contributed by atoms with Gasteiger partial charge in [-0.2, -0.15) is 0 Å². The normalized spacial score (nSPS) is 10.3. The fourth-order valence-electron chi connectivity index (χ4n) is 3.59. The molecule has 0 amide bonds. The van der Waals surface area contributed by atoms with Crippen molar-refractivity contribution in [3.63, 3.8) is 0 Å². The quantitative estimate of drug-likeness (QED) is 0.0757. The topological polar surface area (TPSA) is 229 Å². The molecule has 0 aliphatic heterocycles. The molecule has 4 aromatic rings. The Hall–Kier alpha value is -6.30. The molecule has 9 N–H and O–H groups in total. The predicted octanol–water partition coefficient (Wildman–Crippen LogP) is 3.20. The molecule has 12 nitrogen and oxygen atoms in total. The third-order valence-corrected chi connectivity index (χ3v) is 5.77. The summed E-state index contributed by atoms with van der Waals surface area (Å²) in [5.74, 6) is -2.71. The highest BCUT2D eigenvalue weighted by Gasteiger charge is 2.20. The fraction of sp³-hybridized carbons (Fsp3) is 0. The maximum Gasteiger partial charge on any atom is 0.343 e. The van der Waals surface area contributed by atoms with Gasteiger partial charge in [0.15, 0.2) is 0 Å². The average molecular weight is 565 g/mol. The Balaban J connectivity index is 1.63. The number of carbonyl (C=O) groups excluding carboxylic acids is 3. The largest absolute Gasteiger partial charge is 0.423 e. The maximum absolute atomic E-state index is 13.0. The first-order valence-corrected chi connectivity index (χ1v) is 12.1. The lowest BCUT2D eigenvalue weighted by Gasteiger charge is -2.11. The van der Waals surface area contributed by atoms with Crippen LogP contribution in [0.1, 0.15) is 47.8 Å². The summed E-state index contributed by atoms with van der Waals surface area (Å²) in [5.41, 5.74) is 17.2. The summed E-state index contributed by atoms with van der Waals surface area (Å²) in [6, 6.07) is 21.2. The number of hydrogen-bond acceptors (Lipinski definition) is 9. The number of nitrogens with two attached hydrogens (primary N) is 3. The van der Waals surface area contributed by atoms with Crippen molar-refractivity contribution in [2.24, 2.45) is 17.2 Å². The second-order valence-corrected chi connectivity index (χ2v) is 8.78. The van der Waals surface area contributed by atoms with E-state index >= 15 is 0 Å². The minimum Gasteiger partial charge on any atom is -0.423 e. The third-order valence-electron chi connectivity index (χ3n) is 5.77. The number of amidine groups is 3. The van der Waals surface area contributed by atoms with Crippen LogP contribution in [0.25, 0.3) is 0 Å². The Morgan fingerprint density at radius 3 is 0.810 bits per heavy atom. The molecule has 0 unspecified atom stereocenters. The number of nitrogen functional groups attached to an aromatic ring is 3. The molecule has 0 radical (unpaired) electrons. The summed E-state index contributed by atoms with van der Waals surface area (Å²) in [6.45, 7) is 0. The van der Waals surface area contributed by atoms with Gasteiger partial charge in [-0.3, -0.25) is 16.2 Å². The van der Waals surface area contributed by atoms with E-state index in [9.17, 15) is 14.4 Å². The summed E-state index contributed by atoms with van der Waals surface area (Å²) in [6.07, 6.45) is 0. The molecule has 0 aliphatic carbocycles. The van der Waals surface area contributed by atoms with Crippen LogP contribution in [-0.4, -0.2) is 35.4 Å². The first-order valence-electron chi connectivity index (χ1n) is 12.1. The zero-order chi connectivity index (χ0) is 30.4. The number of ether oxygens (including phenoxy) is 3. The Morgan fingerprint density at radius 2 is 0.619 bits per heavy atom. The number of esters is 3. The molecule has 0 atom stereocenters. The van der Waals surface area contributed by atoms with E-state index in [1.165, 1.54) is 91.0 Å². The standard InChI is InChI=1S/C30H24N6O6/c31-25(32)16-1-7-22(8-2-16)40-28(37)19-13-20(29(38)41-23-9-3-17(4-10-23)26(33)34)15-21(14-19)30(39)42-24-11-5-18(6-12-24)27(35)36/h1-15H,(H3,31,32)(H3,33,34)(H3,35,36). The summed E-state index contributed by atoms with van der Waals surface area (Å²) in [7, 11) is 0. The molecule has 0 saturated heterocycles. The van der Waals surface area contributed by atoms with Crippen molar-refractivity contribution < 1.29 is 28.6 Å². The molecule has 0 saturated carbocycles. The molecule has 0 fully saturated rings. The van der Waals surface area contributed by atoms with Crippen LogP contribution in [0.5, 0.6) is 17.2 Å². The van der Waals surface area contributed by atoms with Crippen molar-refractivity contribution in [3.05, 3.63) is 124 Å². The lowest BCUT2D eigenvalue weighted by Crippen LogP contribution is -2.17. The second kappa shape index (κ2) is 12.3. The van der Waals surface area contributed by atoms with Crippen LogP contribution in [0.3, 0.4) is 0 Å². The van der Waals surface area contributed by atoms with E-state index in [-0.39, 0.29) is 51.4 Å². The smallest absolute Gasteiger partial charge is 0.343 e. The van der Waals surface area contributed by atoms with Crippen LogP contribution in [0, 0.1) is 16.2 Å². The van der Waals surface area contributed by atoms with Crippen LogP contribution in [0.15, 0.2) is 91.0 Å². The van der Waals surface area contributed by atoms with Crippen molar-refractivity contribution >= 4 is 35.4 Å². The minimum atomic E-state index is -0.883. The molecule has 0 aliphatic rings. The monoisotopic (exact) mass is 564 g/mol. The Labute approximate surface area is 239 Å². The highest BCUT2D eigenvalue weighted by Crippen LogP contribution is 2.21. The van der Waals surface area contributed by atoms with Gasteiger partial charge in [0.1, 0.15) is 34.8 Å². The summed E-state index contributed by atoms with van der Waals surface area (Å²) in [5, 5.41) is 22.4. The lowest BCUT2D eigenvalue weighted by atomic mass is 10.1. The molecule has 0 spiro atoms. The van der Waals surface area contributed by atoms with Crippen molar-refractivity contribution in [1.82, 2.24) is 0 Å². The number of hydrogen-bond donors (Lipinski definition) is 6. The highest BCUT2D eigenvalue weighted by atomic mass is 16.5. The van der Waals surface area contributed by atoms with Crippen molar-refractivity contribution in [3.8, 4) is 17.2 Å². The van der Waals surface area contributed by atoms with Gasteiger partial charge < -0.3 is 31.4 Å². The van der Waals surface area contributed by atoms with Gasteiger partial charge in [0, 0.05) is 16.7 Å². The molecule has 0 heterocycles. The first kappa shape index (κ1) is 28.7. The van der Waals surface area contributed by atoms with E-state index in [0.717, 1.165) is 0 Å². The van der Waals surface area contributed by atoms with Gasteiger partial charge in [-0.05, 0) is 91.0 Å².